The van der Waals surface area contributed by atoms with E-state index in [1.165, 1.54) is 18.4 Å². The van der Waals surface area contributed by atoms with Crippen LogP contribution in [0.4, 0.5) is 0 Å². The van der Waals surface area contributed by atoms with Crippen LogP contribution in [0.3, 0.4) is 0 Å². The highest BCUT2D eigenvalue weighted by Crippen LogP contribution is 2.34. The van der Waals surface area contributed by atoms with Crippen molar-refractivity contribution < 1.29 is 14.6 Å². The van der Waals surface area contributed by atoms with E-state index >= 15 is 0 Å². The highest BCUT2D eigenvalue weighted by atomic mass is 32.2. The fourth-order valence-corrected chi connectivity index (χ4v) is 3.83. The Labute approximate surface area is 130 Å². The maximum absolute atomic E-state index is 11.0. The van der Waals surface area contributed by atoms with Crippen molar-refractivity contribution in [2.24, 2.45) is 0 Å². The normalized spacial score (nSPS) is 12.3. The number of benzene rings is 1. The van der Waals surface area contributed by atoms with E-state index in [2.05, 4.69) is 4.98 Å². The van der Waals surface area contributed by atoms with Crippen molar-refractivity contribution in [1.29, 1.82) is 0 Å². The molecule has 7 heteroatoms. The Balaban J connectivity index is 2.48. The lowest BCUT2D eigenvalue weighted by Gasteiger charge is -2.11. The van der Waals surface area contributed by atoms with Gasteiger partial charge in [0, 0.05) is 4.90 Å². The highest BCUT2D eigenvalue weighted by molar-refractivity contribution is 7.98. The van der Waals surface area contributed by atoms with Gasteiger partial charge in [0.15, 0.2) is 5.05 Å². The summed E-state index contributed by atoms with van der Waals surface area (Å²) in [6.07, 6.45) is 1.88. The molecular formula is C13H13NO3S3. The second kappa shape index (κ2) is 6.51. The molecule has 0 aliphatic carbocycles. The van der Waals surface area contributed by atoms with Crippen molar-refractivity contribution in [2.45, 2.75) is 17.2 Å². The number of nitrogens with zero attached hydrogens (tertiary/aromatic N) is 1. The number of hydrogen-bond donors (Lipinski definition) is 1. The Morgan fingerprint density at radius 1 is 1.60 bits per heavy atom. The zero-order valence-corrected chi connectivity index (χ0v) is 13.4. The van der Waals surface area contributed by atoms with E-state index in [1.807, 2.05) is 24.5 Å². The molecule has 0 radical (unpaired) electrons. The predicted octanol–water partition coefficient (Wildman–Crippen LogP) is 3.55. The van der Waals surface area contributed by atoms with Gasteiger partial charge in [-0.15, -0.1) is 23.1 Å². The van der Waals surface area contributed by atoms with Crippen LogP contribution in [0.15, 0.2) is 23.1 Å². The molecule has 20 heavy (non-hydrogen) atoms. The summed E-state index contributed by atoms with van der Waals surface area (Å²) >= 11 is 8.20. The number of para-hydroxylation sites is 1. The Hall–Kier alpha value is -1.18. The first-order chi connectivity index (χ1) is 9.56. The molecule has 106 valence electrons. The lowest BCUT2D eigenvalue weighted by molar-refractivity contribution is -0.137. The zero-order chi connectivity index (χ0) is 14.7. The minimum atomic E-state index is -0.918. The summed E-state index contributed by atoms with van der Waals surface area (Å²) in [6, 6.07) is 5.94. The molecule has 0 saturated carbocycles. The molecule has 0 aliphatic heterocycles. The smallest absolute Gasteiger partial charge is 0.304 e. The van der Waals surface area contributed by atoms with Gasteiger partial charge >= 0.3 is 5.97 Å². The molecule has 1 aromatic carbocycles. The van der Waals surface area contributed by atoms with Gasteiger partial charge < -0.3 is 9.84 Å². The van der Waals surface area contributed by atoms with E-state index in [4.69, 9.17) is 22.1 Å². The lowest BCUT2D eigenvalue weighted by atomic mass is 10.1. The summed E-state index contributed by atoms with van der Waals surface area (Å²) in [5, 5.41) is 9.97. The second-order valence-corrected chi connectivity index (χ2v) is 6.35. The number of fused-ring (bicyclic) bond motifs is 1. The summed E-state index contributed by atoms with van der Waals surface area (Å²) in [6.45, 7) is 0. The Morgan fingerprint density at radius 2 is 2.35 bits per heavy atom. The Bertz CT molecular complexity index is 653. The summed E-state index contributed by atoms with van der Waals surface area (Å²) in [5.74, 6) is -1.40. The van der Waals surface area contributed by atoms with E-state index in [0.717, 1.165) is 15.1 Å². The van der Waals surface area contributed by atoms with E-state index in [-0.39, 0.29) is 11.5 Å². The van der Waals surface area contributed by atoms with Gasteiger partial charge in [-0.25, -0.2) is 4.98 Å². The molecule has 2 aromatic rings. The van der Waals surface area contributed by atoms with Crippen LogP contribution in [0.2, 0.25) is 0 Å². The quantitative estimate of drug-likeness (QED) is 0.669. The molecule has 0 bridgehead atoms. The Morgan fingerprint density at radius 3 is 2.95 bits per heavy atom. The molecule has 0 aliphatic rings. The number of thiazole rings is 1. The van der Waals surface area contributed by atoms with Crippen molar-refractivity contribution >= 4 is 56.6 Å². The van der Waals surface area contributed by atoms with Crippen LogP contribution >= 0.6 is 35.3 Å². The number of thiocarbonyl (C=S) groups is 1. The molecule has 1 N–H and O–H groups in total. The van der Waals surface area contributed by atoms with Gasteiger partial charge in [-0.2, -0.15) is 0 Å². The van der Waals surface area contributed by atoms with E-state index < -0.39 is 11.9 Å². The van der Waals surface area contributed by atoms with Crippen molar-refractivity contribution in [3.63, 3.8) is 0 Å². The van der Waals surface area contributed by atoms with Gasteiger partial charge in [-0.05, 0) is 30.6 Å². The summed E-state index contributed by atoms with van der Waals surface area (Å²) in [7, 11) is 1.46. The number of carboxylic acid groups (broad SMARTS) is 1. The summed E-state index contributed by atoms with van der Waals surface area (Å²) in [5.41, 5.74) is 0.897. The van der Waals surface area contributed by atoms with Crippen molar-refractivity contribution in [3.05, 3.63) is 23.2 Å². The number of carbonyl (C=O) groups is 1. The Kier molecular flexibility index (Phi) is 4.95. The molecule has 4 nitrogen and oxygen atoms in total. The first-order valence-corrected chi connectivity index (χ1v) is 8.24. The third kappa shape index (κ3) is 3.11. The minimum Gasteiger partial charge on any atom is -0.489 e. The third-order valence-corrected chi connectivity index (χ3v) is 5.14. The van der Waals surface area contributed by atoms with Crippen molar-refractivity contribution in [1.82, 2.24) is 4.98 Å². The molecule has 1 heterocycles. The maximum atomic E-state index is 11.0. The fourth-order valence-electron chi connectivity index (χ4n) is 1.84. The van der Waals surface area contributed by atoms with Crippen LogP contribution in [0.5, 0.6) is 0 Å². The SMILES string of the molecule is COC(=S)C(CC(=O)O)c1nc2c(SC)cccc2s1. The third-order valence-electron chi connectivity index (χ3n) is 2.78. The maximum Gasteiger partial charge on any atom is 0.304 e. The number of thioether (sulfide) groups is 1. The lowest BCUT2D eigenvalue weighted by Crippen LogP contribution is -2.16. The number of aromatic nitrogens is 1. The van der Waals surface area contributed by atoms with Gasteiger partial charge in [0.2, 0.25) is 0 Å². The number of aliphatic carboxylic acids is 1. The number of ether oxygens (including phenoxy) is 1. The first kappa shape index (κ1) is 15.2. The van der Waals surface area contributed by atoms with Gasteiger partial charge in [-0.1, -0.05) is 6.07 Å². The first-order valence-electron chi connectivity index (χ1n) is 5.80. The molecule has 1 unspecified atom stereocenters. The van der Waals surface area contributed by atoms with Crippen LogP contribution in [0.25, 0.3) is 10.2 Å². The van der Waals surface area contributed by atoms with Crippen LogP contribution in [-0.4, -0.2) is 34.5 Å². The zero-order valence-electron chi connectivity index (χ0n) is 11.0. The fraction of sp³-hybridized carbons (Fsp3) is 0.308. The van der Waals surface area contributed by atoms with Crippen LogP contribution in [-0.2, 0) is 9.53 Å². The molecule has 0 saturated heterocycles. The van der Waals surface area contributed by atoms with E-state index in [0.29, 0.717) is 5.01 Å². The van der Waals surface area contributed by atoms with Crippen LogP contribution in [0.1, 0.15) is 17.3 Å². The standard InChI is InChI=1S/C13H13NO3S3/c1-17-13(18)7(6-10(15)16)12-14-11-8(19-2)4-3-5-9(11)20-12/h3-5,7H,6H2,1-2H3,(H,15,16). The van der Waals surface area contributed by atoms with E-state index in [1.54, 1.807) is 11.8 Å². The predicted molar refractivity (Wildman–Crippen MR) is 86.0 cm³/mol. The second-order valence-electron chi connectivity index (χ2n) is 4.03. The van der Waals surface area contributed by atoms with Gasteiger partial charge in [0.25, 0.3) is 0 Å². The molecule has 0 spiro atoms. The minimum absolute atomic E-state index is 0.110. The average molecular weight is 327 g/mol. The summed E-state index contributed by atoms with van der Waals surface area (Å²) < 4.78 is 6.08. The molecular weight excluding hydrogens is 314 g/mol. The summed E-state index contributed by atoms with van der Waals surface area (Å²) in [4.78, 5) is 16.6. The average Bonchev–Trinajstić information content (AvgIpc) is 2.87. The molecule has 0 amide bonds. The number of carboxylic acids is 1. The molecule has 1 aromatic heterocycles. The van der Waals surface area contributed by atoms with Crippen LogP contribution in [0, 0.1) is 0 Å². The molecule has 0 fully saturated rings. The number of rotatable bonds is 5. The largest absolute Gasteiger partial charge is 0.489 e. The molecule has 2 rings (SSSR count). The van der Waals surface area contributed by atoms with Gasteiger partial charge in [0.1, 0.15) is 5.01 Å². The monoisotopic (exact) mass is 327 g/mol. The van der Waals surface area contributed by atoms with E-state index in [9.17, 15) is 4.79 Å². The highest BCUT2D eigenvalue weighted by Gasteiger charge is 2.25. The van der Waals surface area contributed by atoms with Gasteiger partial charge in [0.05, 0.1) is 29.7 Å². The van der Waals surface area contributed by atoms with Crippen LogP contribution < -0.4 is 0 Å². The van der Waals surface area contributed by atoms with Crippen molar-refractivity contribution in [2.75, 3.05) is 13.4 Å². The molecule has 1 atom stereocenters. The topological polar surface area (TPSA) is 59.4 Å². The number of hydrogen-bond acceptors (Lipinski definition) is 6. The van der Waals surface area contributed by atoms with Gasteiger partial charge in [-0.3, -0.25) is 4.79 Å². The van der Waals surface area contributed by atoms with Crippen molar-refractivity contribution in [3.8, 4) is 0 Å². The number of methoxy groups -OCH3 is 1.